The fourth-order valence-electron chi connectivity index (χ4n) is 1.96. The van der Waals surface area contributed by atoms with E-state index >= 15 is 0 Å². The fraction of sp³-hybridized carbons (Fsp3) is 0.583. The van der Waals surface area contributed by atoms with Crippen LogP contribution in [0.5, 0.6) is 0 Å². The molecule has 0 spiro atoms. The summed E-state index contributed by atoms with van der Waals surface area (Å²) in [5, 5.41) is 3.32. The Balaban J connectivity index is 1.98. The molecule has 0 aliphatic carbocycles. The lowest BCUT2D eigenvalue weighted by molar-refractivity contribution is -0.133. The Bertz CT molecular complexity index is 335. The maximum atomic E-state index is 11.9. The van der Waals surface area contributed by atoms with E-state index in [2.05, 4.69) is 5.32 Å². The zero-order chi connectivity index (χ0) is 11.4. The summed E-state index contributed by atoms with van der Waals surface area (Å²) in [6.45, 7) is 4.43. The van der Waals surface area contributed by atoms with Crippen molar-refractivity contribution >= 4 is 5.91 Å². The van der Waals surface area contributed by atoms with Gasteiger partial charge in [-0.1, -0.05) is 0 Å². The quantitative estimate of drug-likeness (QED) is 0.822. The number of hydrogen-bond acceptors (Lipinski definition) is 3. The van der Waals surface area contributed by atoms with Crippen molar-refractivity contribution in [3.63, 3.8) is 0 Å². The smallest absolute Gasteiger partial charge is 0.224 e. The topological polar surface area (TPSA) is 45.5 Å². The van der Waals surface area contributed by atoms with Crippen LogP contribution in [0.4, 0.5) is 0 Å². The molecule has 2 rings (SSSR count). The standard InChI is InChI=1S/C12H18N2O2/c1-10-8-12(15)14(6-3-5-13-10)9-11-4-2-7-16-11/h2,4,7,10,13H,3,5-6,8-9H2,1H3. The van der Waals surface area contributed by atoms with E-state index in [1.807, 2.05) is 24.0 Å². The number of carbonyl (C=O) groups excluding carboxylic acids is 1. The summed E-state index contributed by atoms with van der Waals surface area (Å²) >= 11 is 0. The molecule has 0 radical (unpaired) electrons. The van der Waals surface area contributed by atoms with Crippen LogP contribution in [0.25, 0.3) is 0 Å². The molecule has 1 aromatic heterocycles. The highest BCUT2D eigenvalue weighted by Gasteiger charge is 2.19. The third-order valence-electron chi connectivity index (χ3n) is 2.86. The SMILES string of the molecule is CC1CC(=O)N(Cc2ccco2)CCCN1. The van der Waals surface area contributed by atoms with Gasteiger partial charge in [-0.15, -0.1) is 0 Å². The van der Waals surface area contributed by atoms with E-state index in [0.717, 1.165) is 25.3 Å². The molecule has 1 atom stereocenters. The number of furan rings is 1. The van der Waals surface area contributed by atoms with Gasteiger partial charge in [0.25, 0.3) is 0 Å². The highest BCUT2D eigenvalue weighted by Crippen LogP contribution is 2.10. The third-order valence-corrected chi connectivity index (χ3v) is 2.86. The van der Waals surface area contributed by atoms with E-state index in [1.54, 1.807) is 6.26 Å². The van der Waals surface area contributed by atoms with Crippen molar-refractivity contribution in [2.24, 2.45) is 0 Å². The second-order valence-electron chi connectivity index (χ2n) is 4.31. The summed E-state index contributed by atoms with van der Waals surface area (Å²) < 4.78 is 5.27. The first-order valence-electron chi connectivity index (χ1n) is 5.79. The molecule has 88 valence electrons. The number of nitrogens with one attached hydrogen (secondary N) is 1. The van der Waals surface area contributed by atoms with Crippen LogP contribution in [0.15, 0.2) is 22.8 Å². The molecule has 0 saturated carbocycles. The van der Waals surface area contributed by atoms with Crippen LogP contribution in [0.2, 0.25) is 0 Å². The first kappa shape index (κ1) is 11.2. The zero-order valence-electron chi connectivity index (χ0n) is 9.61. The molecule has 1 amide bonds. The lowest BCUT2D eigenvalue weighted by Gasteiger charge is -2.27. The molecule has 1 aliphatic rings. The lowest BCUT2D eigenvalue weighted by Crippen LogP contribution is -2.41. The predicted octanol–water partition coefficient (Wildman–Crippen LogP) is 1.38. The minimum Gasteiger partial charge on any atom is -0.467 e. The average molecular weight is 222 g/mol. The highest BCUT2D eigenvalue weighted by atomic mass is 16.3. The molecule has 1 aromatic rings. The summed E-state index contributed by atoms with van der Waals surface area (Å²) in [6.07, 6.45) is 3.21. The first-order chi connectivity index (χ1) is 7.75. The Morgan fingerprint density at radius 1 is 1.62 bits per heavy atom. The maximum Gasteiger partial charge on any atom is 0.224 e. The molecular formula is C12H18N2O2. The summed E-state index contributed by atoms with van der Waals surface area (Å²) in [5.74, 6) is 1.06. The Hall–Kier alpha value is -1.29. The van der Waals surface area contributed by atoms with E-state index in [1.165, 1.54) is 0 Å². The van der Waals surface area contributed by atoms with Crippen molar-refractivity contribution in [3.05, 3.63) is 24.2 Å². The van der Waals surface area contributed by atoms with Crippen molar-refractivity contribution in [3.8, 4) is 0 Å². The summed E-state index contributed by atoms with van der Waals surface area (Å²) in [7, 11) is 0. The van der Waals surface area contributed by atoms with Gasteiger partial charge < -0.3 is 14.6 Å². The van der Waals surface area contributed by atoms with Gasteiger partial charge in [0.2, 0.25) is 5.91 Å². The maximum absolute atomic E-state index is 11.9. The molecule has 0 aromatic carbocycles. The van der Waals surface area contributed by atoms with Gasteiger partial charge in [-0.25, -0.2) is 0 Å². The summed E-state index contributed by atoms with van der Waals surface area (Å²) in [5.41, 5.74) is 0. The number of hydrogen-bond donors (Lipinski definition) is 1. The van der Waals surface area contributed by atoms with Gasteiger partial charge in [0, 0.05) is 19.0 Å². The van der Waals surface area contributed by atoms with Gasteiger partial charge in [-0.3, -0.25) is 4.79 Å². The Morgan fingerprint density at radius 3 is 3.25 bits per heavy atom. The Kier molecular flexibility index (Phi) is 3.62. The molecular weight excluding hydrogens is 204 g/mol. The van der Waals surface area contributed by atoms with Crippen molar-refractivity contribution in [1.29, 1.82) is 0 Å². The monoisotopic (exact) mass is 222 g/mol. The minimum absolute atomic E-state index is 0.205. The van der Waals surface area contributed by atoms with E-state index in [0.29, 0.717) is 13.0 Å². The number of rotatable bonds is 2. The van der Waals surface area contributed by atoms with E-state index in [9.17, 15) is 4.79 Å². The van der Waals surface area contributed by atoms with Gasteiger partial charge in [-0.2, -0.15) is 0 Å². The third kappa shape index (κ3) is 2.85. The van der Waals surface area contributed by atoms with Crippen molar-refractivity contribution in [2.75, 3.05) is 13.1 Å². The Labute approximate surface area is 95.6 Å². The van der Waals surface area contributed by atoms with E-state index < -0.39 is 0 Å². The fourth-order valence-corrected chi connectivity index (χ4v) is 1.96. The molecule has 1 N–H and O–H groups in total. The van der Waals surface area contributed by atoms with Crippen LogP contribution in [0, 0.1) is 0 Å². The zero-order valence-corrected chi connectivity index (χ0v) is 9.61. The van der Waals surface area contributed by atoms with Crippen molar-refractivity contribution in [2.45, 2.75) is 32.4 Å². The number of nitrogens with zero attached hydrogens (tertiary/aromatic N) is 1. The molecule has 1 unspecified atom stereocenters. The summed E-state index contributed by atoms with van der Waals surface area (Å²) in [4.78, 5) is 13.8. The van der Waals surface area contributed by atoms with Gasteiger partial charge in [0.1, 0.15) is 5.76 Å². The van der Waals surface area contributed by atoms with E-state index in [4.69, 9.17) is 4.42 Å². The molecule has 0 bridgehead atoms. The number of amides is 1. The molecule has 16 heavy (non-hydrogen) atoms. The molecule has 1 fully saturated rings. The van der Waals surface area contributed by atoms with Gasteiger partial charge >= 0.3 is 0 Å². The van der Waals surface area contributed by atoms with Crippen LogP contribution in [0.1, 0.15) is 25.5 Å². The summed E-state index contributed by atoms with van der Waals surface area (Å²) in [6, 6.07) is 4.04. The number of carbonyl (C=O) groups is 1. The highest BCUT2D eigenvalue weighted by molar-refractivity contribution is 5.76. The first-order valence-corrected chi connectivity index (χ1v) is 5.79. The van der Waals surface area contributed by atoms with Crippen molar-refractivity contribution in [1.82, 2.24) is 10.2 Å². The van der Waals surface area contributed by atoms with Gasteiger partial charge in [0.15, 0.2) is 0 Å². The van der Waals surface area contributed by atoms with E-state index in [-0.39, 0.29) is 11.9 Å². The van der Waals surface area contributed by atoms with Crippen LogP contribution >= 0.6 is 0 Å². The largest absolute Gasteiger partial charge is 0.467 e. The van der Waals surface area contributed by atoms with Crippen LogP contribution in [-0.4, -0.2) is 29.9 Å². The normalized spacial score (nSPS) is 22.9. The molecule has 4 nitrogen and oxygen atoms in total. The van der Waals surface area contributed by atoms with Crippen LogP contribution < -0.4 is 5.32 Å². The molecule has 2 heterocycles. The molecule has 1 saturated heterocycles. The minimum atomic E-state index is 0.205. The predicted molar refractivity (Wildman–Crippen MR) is 60.8 cm³/mol. The van der Waals surface area contributed by atoms with Crippen LogP contribution in [-0.2, 0) is 11.3 Å². The Morgan fingerprint density at radius 2 is 2.50 bits per heavy atom. The van der Waals surface area contributed by atoms with Crippen molar-refractivity contribution < 1.29 is 9.21 Å². The van der Waals surface area contributed by atoms with Crippen LogP contribution in [0.3, 0.4) is 0 Å². The molecule has 1 aliphatic heterocycles. The van der Waals surface area contributed by atoms with Gasteiger partial charge in [-0.05, 0) is 32.0 Å². The average Bonchev–Trinajstić information content (AvgIpc) is 2.73. The van der Waals surface area contributed by atoms with Gasteiger partial charge in [0.05, 0.1) is 12.8 Å². The lowest BCUT2D eigenvalue weighted by atomic mass is 10.1. The molecule has 4 heteroatoms. The second-order valence-corrected chi connectivity index (χ2v) is 4.31. The second kappa shape index (κ2) is 5.16.